The van der Waals surface area contributed by atoms with E-state index >= 15 is 0 Å². The van der Waals surface area contributed by atoms with Crippen molar-refractivity contribution in [1.29, 1.82) is 0 Å². The van der Waals surface area contributed by atoms with E-state index in [9.17, 15) is 13.6 Å². The molecule has 0 atom stereocenters. The summed E-state index contributed by atoms with van der Waals surface area (Å²) in [6.07, 6.45) is 0. The van der Waals surface area contributed by atoms with Crippen molar-refractivity contribution in [2.45, 2.75) is 13.2 Å². The van der Waals surface area contributed by atoms with Crippen molar-refractivity contribution in [3.05, 3.63) is 64.7 Å². The Hall–Kier alpha value is -3.49. The molecule has 0 radical (unpaired) electrons. The molecule has 0 saturated carbocycles. The van der Waals surface area contributed by atoms with Crippen LogP contribution < -0.4 is 15.6 Å². The average molecular weight is 371 g/mol. The maximum Gasteiger partial charge on any atom is 0.387 e. The molecule has 0 fully saturated rings. The summed E-state index contributed by atoms with van der Waals surface area (Å²) >= 11 is 0. The zero-order chi connectivity index (χ0) is 19.0. The number of hydrogen-bond acceptors (Lipinski definition) is 5. The lowest BCUT2D eigenvalue weighted by Gasteiger charge is -2.12. The summed E-state index contributed by atoms with van der Waals surface area (Å²) in [5, 5.41) is 11.8. The summed E-state index contributed by atoms with van der Waals surface area (Å²) in [5.41, 5.74) is 0.916. The molecule has 1 N–H and O–H groups in total. The van der Waals surface area contributed by atoms with Gasteiger partial charge in [0.25, 0.3) is 5.56 Å². The fourth-order valence-corrected chi connectivity index (χ4v) is 2.99. The summed E-state index contributed by atoms with van der Waals surface area (Å²) in [5.74, 6) is 0.967. The van der Waals surface area contributed by atoms with E-state index < -0.39 is 6.61 Å². The number of halogens is 2. The molecule has 2 aromatic heterocycles. The Morgan fingerprint density at radius 1 is 1.11 bits per heavy atom. The second kappa shape index (κ2) is 6.67. The monoisotopic (exact) mass is 371 g/mol. The van der Waals surface area contributed by atoms with Gasteiger partial charge in [0.2, 0.25) is 5.78 Å². The second-order valence-electron chi connectivity index (χ2n) is 5.86. The Labute approximate surface area is 151 Å². The fourth-order valence-electron chi connectivity index (χ4n) is 2.99. The minimum atomic E-state index is -2.92. The molecule has 7 nitrogen and oxygen atoms in total. The van der Waals surface area contributed by atoms with Gasteiger partial charge in [-0.05, 0) is 24.3 Å². The topological polar surface area (TPSA) is 73.5 Å². The number of nitrogens with one attached hydrogen (secondary N) is 1. The number of rotatable bonds is 5. The number of fused-ring (bicyclic) bond motifs is 3. The maximum absolute atomic E-state index is 12.6. The minimum absolute atomic E-state index is 0.0404. The van der Waals surface area contributed by atoms with Gasteiger partial charge in [0.15, 0.2) is 5.82 Å². The Morgan fingerprint density at radius 3 is 2.67 bits per heavy atom. The predicted molar refractivity (Wildman–Crippen MR) is 96.1 cm³/mol. The zero-order valence-corrected chi connectivity index (χ0v) is 14.3. The Kier molecular flexibility index (Phi) is 4.19. The molecule has 0 unspecified atom stereocenters. The van der Waals surface area contributed by atoms with Gasteiger partial charge < -0.3 is 10.1 Å². The van der Waals surface area contributed by atoms with Gasteiger partial charge in [-0.1, -0.05) is 24.3 Å². The summed E-state index contributed by atoms with van der Waals surface area (Å²) < 4.78 is 32.9. The van der Waals surface area contributed by atoms with Crippen LogP contribution in [0.25, 0.3) is 16.7 Å². The highest BCUT2D eigenvalue weighted by Gasteiger charge is 2.15. The molecular formula is C18H15F2N5O2. The van der Waals surface area contributed by atoms with Crippen molar-refractivity contribution in [2.75, 3.05) is 5.32 Å². The predicted octanol–water partition coefficient (Wildman–Crippen LogP) is 2.79. The van der Waals surface area contributed by atoms with E-state index in [2.05, 4.69) is 20.3 Å². The summed E-state index contributed by atoms with van der Waals surface area (Å²) in [6.45, 7) is -2.71. The first-order valence-corrected chi connectivity index (χ1v) is 8.15. The van der Waals surface area contributed by atoms with Crippen molar-refractivity contribution >= 4 is 22.4 Å². The first kappa shape index (κ1) is 17.0. The normalized spacial score (nSPS) is 11.4. The second-order valence-corrected chi connectivity index (χ2v) is 5.86. The van der Waals surface area contributed by atoms with Crippen LogP contribution in [-0.2, 0) is 13.6 Å². The summed E-state index contributed by atoms with van der Waals surface area (Å²) in [7, 11) is 1.63. The maximum atomic E-state index is 12.6. The molecule has 9 heteroatoms. The number of benzene rings is 2. The molecule has 4 aromatic rings. The quantitative estimate of drug-likeness (QED) is 0.584. The molecule has 4 rings (SSSR count). The third kappa shape index (κ3) is 2.97. The lowest BCUT2D eigenvalue weighted by molar-refractivity contribution is -0.0493. The molecule has 27 heavy (non-hydrogen) atoms. The number of para-hydroxylation sites is 3. The summed E-state index contributed by atoms with van der Waals surface area (Å²) in [6, 6.07) is 13.6. The van der Waals surface area contributed by atoms with Crippen LogP contribution in [0.1, 0.15) is 5.82 Å². The molecular weight excluding hydrogens is 356 g/mol. The number of hydrogen-bond donors (Lipinski definition) is 1. The standard InChI is InChI=1S/C18H15F2N5O2/c1-24-16(26)11-6-2-4-8-13(11)25-15(22-23-18(24)25)10-21-12-7-3-5-9-14(12)27-17(19)20/h2-9,17,21H,10H2,1H3. The first-order chi connectivity index (χ1) is 13.1. The molecule has 0 aliphatic rings. The average Bonchev–Trinajstić information content (AvgIpc) is 3.09. The zero-order valence-electron chi connectivity index (χ0n) is 14.3. The third-order valence-corrected chi connectivity index (χ3v) is 4.23. The van der Waals surface area contributed by atoms with Crippen LogP contribution in [-0.4, -0.2) is 25.8 Å². The van der Waals surface area contributed by atoms with Crippen LogP contribution in [0.15, 0.2) is 53.3 Å². The summed E-state index contributed by atoms with van der Waals surface area (Å²) in [4.78, 5) is 12.5. The SMILES string of the molecule is Cn1c(=O)c2ccccc2n2c(CNc3ccccc3OC(F)F)nnc12. The van der Waals surface area contributed by atoms with Crippen molar-refractivity contribution in [1.82, 2.24) is 19.2 Å². The van der Waals surface area contributed by atoms with Gasteiger partial charge in [0.1, 0.15) is 5.75 Å². The number of ether oxygens (including phenoxy) is 1. The molecule has 0 aliphatic heterocycles. The minimum Gasteiger partial charge on any atom is -0.433 e. The molecule has 0 aliphatic carbocycles. The van der Waals surface area contributed by atoms with Gasteiger partial charge in [-0.15, -0.1) is 10.2 Å². The van der Waals surface area contributed by atoms with Crippen molar-refractivity contribution in [3.63, 3.8) is 0 Å². The molecule has 0 amide bonds. The number of alkyl halides is 2. The van der Waals surface area contributed by atoms with Gasteiger partial charge in [-0.2, -0.15) is 8.78 Å². The van der Waals surface area contributed by atoms with Crippen LogP contribution >= 0.6 is 0 Å². The van der Waals surface area contributed by atoms with Crippen molar-refractivity contribution in [2.24, 2.45) is 7.05 Å². The van der Waals surface area contributed by atoms with Gasteiger partial charge in [0, 0.05) is 7.05 Å². The van der Waals surface area contributed by atoms with Gasteiger partial charge in [-0.3, -0.25) is 13.8 Å². The fraction of sp³-hybridized carbons (Fsp3) is 0.167. The lowest BCUT2D eigenvalue weighted by Crippen LogP contribution is -2.20. The molecule has 2 heterocycles. The molecule has 138 valence electrons. The van der Waals surface area contributed by atoms with Gasteiger partial charge in [0.05, 0.1) is 23.1 Å². The van der Waals surface area contributed by atoms with Crippen LogP contribution in [0.2, 0.25) is 0 Å². The van der Waals surface area contributed by atoms with E-state index in [0.29, 0.717) is 28.2 Å². The first-order valence-electron chi connectivity index (χ1n) is 8.15. The van der Waals surface area contributed by atoms with Crippen LogP contribution in [0, 0.1) is 0 Å². The lowest BCUT2D eigenvalue weighted by atomic mass is 10.2. The molecule has 0 bridgehead atoms. The van der Waals surface area contributed by atoms with E-state index in [0.717, 1.165) is 0 Å². The van der Waals surface area contributed by atoms with Crippen molar-refractivity contribution in [3.8, 4) is 5.75 Å². The smallest absolute Gasteiger partial charge is 0.387 e. The van der Waals surface area contributed by atoms with Crippen LogP contribution in [0.5, 0.6) is 5.75 Å². The molecule has 0 saturated heterocycles. The van der Waals surface area contributed by atoms with Crippen LogP contribution in [0.4, 0.5) is 14.5 Å². The van der Waals surface area contributed by atoms with Gasteiger partial charge in [-0.25, -0.2) is 0 Å². The Morgan fingerprint density at radius 2 is 1.85 bits per heavy atom. The van der Waals surface area contributed by atoms with E-state index in [1.807, 2.05) is 12.1 Å². The Bertz CT molecular complexity index is 1190. The van der Waals surface area contributed by atoms with Crippen LogP contribution in [0.3, 0.4) is 0 Å². The molecule has 2 aromatic carbocycles. The number of aromatic nitrogens is 4. The van der Waals surface area contributed by atoms with Gasteiger partial charge >= 0.3 is 6.61 Å². The molecule has 0 spiro atoms. The Balaban J connectivity index is 1.75. The third-order valence-electron chi connectivity index (χ3n) is 4.23. The van der Waals surface area contributed by atoms with E-state index in [4.69, 9.17) is 0 Å². The highest BCUT2D eigenvalue weighted by Crippen LogP contribution is 2.26. The highest BCUT2D eigenvalue weighted by molar-refractivity contribution is 5.80. The van der Waals surface area contributed by atoms with Crippen molar-refractivity contribution < 1.29 is 13.5 Å². The number of aryl methyl sites for hydroxylation is 1. The van der Waals surface area contributed by atoms with E-state index in [1.165, 1.54) is 10.6 Å². The number of nitrogens with zero attached hydrogens (tertiary/aromatic N) is 4. The largest absolute Gasteiger partial charge is 0.433 e. The van der Waals surface area contributed by atoms with E-state index in [1.54, 1.807) is 41.8 Å². The number of anilines is 1. The highest BCUT2D eigenvalue weighted by atomic mass is 19.3. The van der Waals surface area contributed by atoms with E-state index in [-0.39, 0.29) is 17.9 Å².